The number of nitrogens with zero attached hydrogens (tertiary/aromatic N) is 2. The fourth-order valence-corrected chi connectivity index (χ4v) is 1.92. The number of rotatable bonds is 4. The molecule has 1 heterocycles. The molecule has 5 nitrogen and oxygen atoms in total. The number of nitrogens with one attached hydrogen (secondary N) is 2. The maximum atomic E-state index is 12.2. The van der Waals surface area contributed by atoms with Crippen LogP contribution in [0.1, 0.15) is 18.5 Å². The van der Waals surface area contributed by atoms with Gasteiger partial charge in [-0.1, -0.05) is 18.2 Å². The number of amides is 2. The second kappa shape index (κ2) is 6.85. The van der Waals surface area contributed by atoms with Gasteiger partial charge in [0.2, 0.25) is 0 Å². The second-order valence-electron chi connectivity index (χ2n) is 4.81. The maximum absolute atomic E-state index is 12.2. The van der Waals surface area contributed by atoms with E-state index in [1.165, 1.54) is 4.90 Å². The monoisotopic (exact) mass is 284 g/mol. The highest BCUT2D eigenvalue weighted by Crippen LogP contribution is 2.18. The van der Waals surface area contributed by atoms with E-state index in [2.05, 4.69) is 22.5 Å². The number of anilines is 2. The van der Waals surface area contributed by atoms with Crippen molar-refractivity contribution in [2.24, 2.45) is 0 Å². The molecule has 2 amide bonds. The van der Waals surface area contributed by atoms with Crippen molar-refractivity contribution in [3.8, 4) is 0 Å². The summed E-state index contributed by atoms with van der Waals surface area (Å²) in [5.41, 5.74) is 1.89. The molecule has 0 spiro atoms. The molecule has 0 saturated carbocycles. The smallest absolute Gasteiger partial charge is 0.313 e. The quantitative estimate of drug-likeness (QED) is 0.907. The van der Waals surface area contributed by atoms with Crippen LogP contribution in [0.25, 0.3) is 0 Å². The van der Waals surface area contributed by atoms with Gasteiger partial charge in [0.15, 0.2) is 0 Å². The molecule has 0 bridgehead atoms. The lowest BCUT2D eigenvalue weighted by Crippen LogP contribution is -2.31. The second-order valence-corrected chi connectivity index (χ2v) is 4.81. The van der Waals surface area contributed by atoms with E-state index < -0.39 is 0 Å². The molecular formula is C16H20N4O. The van der Waals surface area contributed by atoms with Crippen LogP contribution in [-0.4, -0.2) is 25.1 Å². The van der Waals surface area contributed by atoms with Crippen molar-refractivity contribution in [1.29, 1.82) is 0 Å². The van der Waals surface area contributed by atoms with Gasteiger partial charge in [-0.2, -0.15) is 0 Å². The zero-order chi connectivity index (χ0) is 15.2. The Hall–Kier alpha value is -2.40. The fourth-order valence-electron chi connectivity index (χ4n) is 1.92. The van der Waals surface area contributed by atoms with Crippen LogP contribution in [0, 0.1) is 0 Å². The molecule has 0 aliphatic rings. The normalized spacial score (nSPS) is 11.8. The van der Waals surface area contributed by atoms with Gasteiger partial charge < -0.3 is 10.6 Å². The van der Waals surface area contributed by atoms with E-state index in [9.17, 15) is 4.79 Å². The molecule has 110 valence electrons. The molecule has 1 unspecified atom stereocenters. The summed E-state index contributed by atoms with van der Waals surface area (Å²) in [5, 5.41) is 6.06. The average Bonchev–Trinajstić information content (AvgIpc) is 2.54. The van der Waals surface area contributed by atoms with Gasteiger partial charge in [0.1, 0.15) is 5.82 Å². The van der Waals surface area contributed by atoms with Gasteiger partial charge in [-0.05, 0) is 43.8 Å². The predicted molar refractivity (Wildman–Crippen MR) is 85.6 cm³/mol. The Morgan fingerprint density at radius 3 is 2.71 bits per heavy atom. The number of urea groups is 1. The van der Waals surface area contributed by atoms with Gasteiger partial charge in [0.05, 0.1) is 0 Å². The lowest BCUT2D eigenvalue weighted by molar-refractivity contribution is 0.258. The van der Waals surface area contributed by atoms with Crippen LogP contribution in [0.5, 0.6) is 0 Å². The summed E-state index contributed by atoms with van der Waals surface area (Å²) < 4.78 is 0. The average molecular weight is 284 g/mol. The van der Waals surface area contributed by atoms with Crippen LogP contribution < -0.4 is 15.5 Å². The maximum Gasteiger partial charge on any atom is 0.327 e. The van der Waals surface area contributed by atoms with E-state index in [1.54, 1.807) is 19.3 Å². The first-order chi connectivity index (χ1) is 10.1. The predicted octanol–water partition coefficient (Wildman–Crippen LogP) is 3.03. The highest BCUT2D eigenvalue weighted by Gasteiger charge is 2.12. The van der Waals surface area contributed by atoms with E-state index in [4.69, 9.17) is 0 Å². The Kier molecular flexibility index (Phi) is 4.90. The molecule has 1 atom stereocenters. The zero-order valence-corrected chi connectivity index (χ0v) is 12.5. The third-order valence-corrected chi connectivity index (χ3v) is 3.37. The van der Waals surface area contributed by atoms with Crippen LogP contribution in [0.3, 0.4) is 0 Å². The SMILES string of the molecule is CNC(C)c1cccc(NC(=O)N(C)c2ccccn2)c1. The Labute approximate surface area is 125 Å². The molecule has 2 aromatic rings. The van der Waals surface area contributed by atoms with E-state index in [1.807, 2.05) is 43.4 Å². The number of pyridine rings is 1. The van der Waals surface area contributed by atoms with Gasteiger partial charge in [-0.15, -0.1) is 0 Å². The van der Waals surface area contributed by atoms with E-state index in [0.717, 1.165) is 11.3 Å². The van der Waals surface area contributed by atoms with E-state index >= 15 is 0 Å². The summed E-state index contributed by atoms with van der Waals surface area (Å²) in [7, 11) is 3.60. The first-order valence-electron chi connectivity index (χ1n) is 6.85. The summed E-state index contributed by atoms with van der Waals surface area (Å²) in [4.78, 5) is 17.9. The number of carbonyl (C=O) groups is 1. The molecule has 1 aromatic carbocycles. The van der Waals surface area contributed by atoms with Crippen molar-refractivity contribution in [1.82, 2.24) is 10.3 Å². The molecule has 2 N–H and O–H groups in total. The zero-order valence-electron chi connectivity index (χ0n) is 12.5. The van der Waals surface area contributed by atoms with E-state index in [0.29, 0.717) is 5.82 Å². The number of hydrogen-bond acceptors (Lipinski definition) is 3. The van der Waals surface area contributed by atoms with Crippen LogP contribution in [0.15, 0.2) is 48.7 Å². The summed E-state index contributed by atoms with van der Waals surface area (Å²) in [6.45, 7) is 2.07. The molecule has 5 heteroatoms. The fraction of sp³-hybridized carbons (Fsp3) is 0.250. The van der Waals surface area contributed by atoms with Gasteiger partial charge in [0, 0.05) is 25.0 Å². The Morgan fingerprint density at radius 2 is 2.05 bits per heavy atom. The third-order valence-electron chi connectivity index (χ3n) is 3.37. The largest absolute Gasteiger partial charge is 0.327 e. The molecule has 2 rings (SSSR count). The summed E-state index contributed by atoms with van der Waals surface area (Å²) in [6.07, 6.45) is 1.66. The topological polar surface area (TPSA) is 57.3 Å². The highest BCUT2D eigenvalue weighted by molar-refractivity contribution is 6.00. The molecule has 1 aromatic heterocycles. The lowest BCUT2D eigenvalue weighted by Gasteiger charge is -2.18. The minimum absolute atomic E-state index is 0.219. The lowest BCUT2D eigenvalue weighted by atomic mass is 10.1. The van der Waals surface area contributed by atoms with Crippen molar-refractivity contribution in [3.05, 3.63) is 54.2 Å². The van der Waals surface area contributed by atoms with Gasteiger partial charge in [0.25, 0.3) is 0 Å². The molecule has 0 aliphatic heterocycles. The molecule has 0 fully saturated rings. The molecular weight excluding hydrogens is 264 g/mol. The minimum atomic E-state index is -0.219. The number of carbonyl (C=O) groups excluding carboxylic acids is 1. The minimum Gasteiger partial charge on any atom is -0.313 e. The van der Waals surface area contributed by atoms with Gasteiger partial charge in [-0.25, -0.2) is 9.78 Å². The van der Waals surface area contributed by atoms with Crippen molar-refractivity contribution in [2.45, 2.75) is 13.0 Å². The summed E-state index contributed by atoms with van der Waals surface area (Å²) >= 11 is 0. The number of benzene rings is 1. The Bertz CT molecular complexity index is 600. The summed E-state index contributed by atoms with van der Waals surface area (Å²) in [5.74, 6) is 0.606. The van der Waals surface area contributed by atoms with Crippen LogP contribution in [0.2, 0.25) is 0 Å². The van der Waals surface area contributed by atoms with Gasteiger partial charge >= 0.3 is 6.03 Å². The van der Waals surface area contributed by atoms with Crippen molar-refractivity contribution in [3.63, 3.8) is 0 Å². The van der Waals surface area contributed by atoms with Gasteiger partial charge in [-0.3, -0.25) is 4.90 Å². The van der Waals surface area contributed by atoms with Crippen molar-refractivity contribution in [2.75, 3.05) is 24.3 Å². The Balaban J connectivity index is 2.09. The Morgan fingerprint density at radius 1 is 1.24 bits per heavy atom. The molecule has 0 saturated heterocycles. The van der Waals surface area contributed by atoms with E-state index in [-0.39, 0.29) is 12.1 Å². The first kappa shape index (κ1) is 15.0. The third kappa shape index (κ3) is 3.79. The number of aromatic nitrogens is 1. The number of hydrogen-bond donors (Lipinski definition) is 2. The summed E-state index contributed by atoms with van der Waals surface area (Å²) in [6, 6.07) is 13.3. The van der Waals surface area contributed by atoms with Crippen LogP contribution in [0.4, 0.5) is 16.3 Å². The van der Waals surface area contributed by atoms with Crippen molar-refractivity contribution >= 4 is 17.5 Å². The van der Waals surface area contributed by atoms with Crippen molar-refractivity contribution < 1.29 is 4.79 Å². The van der Waals surface area contributed by atoms with Crippen LogP contribution >= 0.6 is 0 Å². The van der Waals surface area contributed by atoms with Crippen LogP contribution in [-0.2, 0) is 0 Å². The first-order valence-corrected chi connectivity index (χ1v) is 6.85. The standard InChI is InChI=1S/C16H20N4O/c1-12(17-2)13-7-6-8-14(11-13)19-16(21)20(3)15-9-4-5-10-18-15/h4-12,17H,1-3H3,(H,19,21). The highest BCUT2D eigenvalue weighted by atomic mass is 16.2. The molecule has 21 heavy (non-hydrogen) atoms. The molecule has 0 radical (unpaired) electrons. The molecule has 0 aliphatic carbocycles.